The van der Waals surface area contributed by atoms with Gasteiger partial charge in [-0.3, -0.25) is 0 Å². The Bertz CT molecular complexity index is 449. The minimum absolute atomic E-state index is 0.316. The third-order valence-electron chi connectivity index (χ3n) is 3.25. The number of nitrogens with one attached hydrogen (secondary N) is 1. The van der Waals surface area contributed by atoms with E-state index in [-0.39, 0.29) is 6.03 Å². The second-order valence-electron chi connectivity index (χ2n) is 4.57. The highest BCUT2D eigenvalue weighted by Crippen LogP contribution is 2.21. The minimum Gasteiger partial charge on any atom is -0.479 e. The smallest absolute Gasteiger partial charge is 0.331 e. The molecule has 1 aromatic heterocycles. The summed E-state index contributed by atoms with van der Waals surface area (Å²) in [6.45, 7) is 1.78. The lowest BCUT2D eigenvalue weighted by molar-refractivity contribution is -0.139. The Morgan fingerprint density at radius 3 is 2.95 bits per heavy atom. The van der Waals surface area contributed by atoms with E-state index < -0.39 is 12.0 Å². The second-order valence-corrected chi connectivity index (χ2v) is 5.55. The van der Waals surface area contributed by atoms with Crippen LogP contribution in [0.4, 0.5) is 4.79 Å². The molecule has 6 nitrogen and oxygen atoms in total. The normalized spacial score (nSPS) is 20.3. The fraction of sp³-hybridized carbons (Fsp3) is 0.500. The second kappa shape index (κ2) is 6.03. The molecular formula is C12H17N3O3S. The van der Waals surface area contributed by atoms with Gasteiger partial charge in [-0.2, -0.15) is 0 Å². The van der Waals surface area contributed by atoms with Gasteiger partial charge in [-0.1, -0.05) is 6.07 Å². The summed E-state index contributed by atoms with van der Waals surface area (Å²) in [5, 5.41) is 13.5. The molecule has 1 saturated heterocycles. The molecule has 2 unspecified atom stereocenters. The molecule has 1 aliphatic rings. The van der Waals surface area contributed by atoms with Crippen molar-refractivity contribution in [1.29, 1.82) is 0 Å². The van der Waals surface area contributed by atoms with Gasteiger partial charge in [-0.25, -0.2) is 9.59 Å². The van der Waals surface area contributed by atoms with Crippen LogP contribution in [0.1, 0.15) is 17.3 Å². The number of thiophene rings is 1. The van der Waals surface area contributed by atoms with Gasteiger partial charge in [0.15, 0.2) is 6.04 Å². The Morgan fingerprint density at radius 1 is 1.63 bits per heavy atom. The Kier molecular flexibility index (Phi) is 4.39. The van der Waals surface area contributed by atoms with Gasteiger partial charge in [0.2, 0.25) is 0 Å². The van der Waals surface area contributed by atoms with Crippen LogP contribution in [0.2, 0.25) is 0 Å². The Morgan fingerprint density at radius 2 is 2.42 bits per heavy atom. The zero-order valence-corrected chi connectivity index (χ0v) is 11.2. The van der Waals surface area contributed by atoms with Crippen molar-refractivity contribution < 1.29 is 14.7 Å². The van der Waals surface area contributed by atoms with Crippen LogP contribution in [-0.2, 0) is 4.79 Å². The Balaban J connectivity index is 1.98. The van der Waals surface area contributed by atoms with E-state index in [1.54, 1.807) is 22.4 Å². The van der Waals surface area contributed by atoms with E-state index in [0.717, 1.165) is 6.42 Å². The summed E-state index contributed by atoms with van der Waals surface area (Å²) in [5.74, 6) is -0.735. The lowest BCUT2D eigenvalue weighted by atomic mass is 10.1. The van der Waals surface area contributed by atoms with Crippen molar-refractivity contribution in [2.24, 2.45) is 11.7 Å². The molecule has 0 radical (unpaired) electrons. The van der Waals surface area contributed by atoms with Crippen LogP contribution in [0, 0.1) is 5.92 Å². The van der Waals surface area contributed by atoms with Crippen molar-refractivity contribution >= 4 is 23.3 Å². The van der Waals surface area contributed by atoms with Gasteiger partial charge in [0.25, 0.3) is 0 Å². The molecule has 0 aliphatic carbocycles. The van der Waals surface area contributed by atoms with Crippen molar-refractivity contribution in [1.82, 2.24) is 10.2 Å². The SMILES string of the molecule is NCC1CCN(C(=O)NC(C(=O)O)c2cccs2)C1. The topological polar surface area (TPSA) is 95.7 Å². The molecule has 104 valence electrons. The quantitative estimate of drug-likeness (QED) is 0.764. The van der Waals surface area contributed by atoms with Crippen molar-refractivity contribution in [3.05, 3.63) is 22.4 Å². The molecule has 19 heavy (non-hydrogen) atoms. The molecule has 4 N–H and O–H groups in total. The van der Waals surface area contributed by atoms with Crippen LogP contribution in [0.3, 0.4) is 0 Å². The number of carbonyl (C=O) groups is 2. The Hall–Kier alpha value is -1.60. The van der Waals surface area contributed by atoms with Crippen LogP contribution < -0.4 is 11.1 Å². The maximum Gasteiger partial charge on any atom is 0.331 e. The van der Waals surface area contributed by atoms with E-state index in [9.17, 15) is 14.7 Å². The highest BCUT2D eigenvalue weighted by molar-refractivity contribution is 7.10. The molecule has 1 fully saturated rings. The van der Waals surface area contributed by atoms with Crippen molar-refractivity contribution in [2.45, 2.75) is 12.5 Å². The minimum atomic E-state index is -1.05. The number of hydrogen-bond acceptors (Lipinski definition) is 4. The Labute approximate surface area is 115 Å². The molecule has 2 atom stereocenters. The molecule has 2 heterocycles. The van der Waals surface area contributed by atoms with E-state index in [0.29, 0.717) is 30.4 Å². The van der Waals surface area contributed by atoms with Crippen molar-refractivity contribution in [2.75, 3.05) is 19.6 Å². The zero-order chi connectivity index (χ0) is 13.8. The lowest BCUT2D eigenvalue weighted by Crippen LogP contribution is -2.42. The molecule has 0 spiro atoms. The summed E-state index contributed by atoms with van der Waals surface area (Å²) < 4.78 is 0. The molecule has 7 heteroatoms. The van der Waals surface area contributed by atoms with Gasteiger partial charge in [-0.15, -0.1) is 11.3 Å². The summed E-state index contributed by atoms with van der Waals surface area (Å²) in [5.41, 5.74) is 5.57. The van der Waals surface area contributed by atoms with Crippen LogP contribution in [-0.4, -0.2) is 41.6 Å². The monoisotopic (exact) mass is 283 g/mol. The first kappa shape index (κ1) is 13.8. The van der Waals surface area contributed by atoms with Crippen LogP contribution >= 0.6 is 11.3 Å². The predicted molar refractivity (Wildman–Crippen MR) is 72.0 cm³/mol. The first-order chi connectivity index (χ1) is 9.11. The number of nitrogens with zero attached hydrogens (tertiary/aromatic N) is 1. The van der Waals surface area contributed by atoms with Gasteiger partial charge in [0, 0.05) is 18.0 Å². The fourth-order valence-electron chi connectivity index (χ4n) is 2.13. The average Bonchev–Trinajstić information content (AvgIpc) is 3.05. The van der Waals surface area contributed by atoms with Crippen LogP contribution in [0.5, 0.6) is 0 Å². The van der Waals surface area contributed by atoms with E-state index in [1.807, 2.05) is 0 Å². The molecule has 1 aromatic rings. The summed E-state index contributed by atoms with van der Waals surface area (Å²) in [4.78, 5) is 25.5. The van der Waals surface area contributed by atoms with Crippen LogP contribution in [0.15, 0.2) is 17.5 Å². The van der Waals surface area contributed by atoms with Crippen LogP contribution in [0.25, 0.3) is 0 Å². The number of carbonyl (C=O) groups excluding carboxylic acids is 1. The molecule has 0 bridgehead atoms. The third kappa shape index (κ3) is 3.24. The number of amides is 2. The summed E-state index contributed by atoms with van der Waals surface area (Å²) in [7, 11) is 0. The van der Waals surface area contributed by atoms with E-state index in [4.69, 9.17) is 5.73 Å². The van der Waals surface area contributed by atoms with Gasteiger partial charge < -0.3 is 21.1 Å². The first-order valence-corrected chi connectivity index (χ1v) is 7.01. The van der Waals surface area contributed by atoms with E-state index >= 15 is 0 Å². The van der Waals surface area contributed by atoms with Crippen molar-refractivity contribution in [3.8, 4) is 0 Å². The zero-order valence-electron chi connectivity index (χ0n) is 10.4. The van der Waals surface area contributed by atoms with Gasteiger partial charge >= 0.3 is 12.0 Å². The fourth-order valence-corrected chi connectivity index (χ4v) is 2.90. The van der Waals surface area contributed by atoms with Gasteiger partial charge in [0.1, 0.15) is 0 Å². The standard InChI is InChI=1S/C12H17N3O3S/c13-6-8-3-4-15(7-8)12(18)14-10(11(16)17)9-2-1-5-19-9/h1-2,5,8,10H,3-4,6-7,13H2,(H,14,18)(H,16,17). The molecule has 1 aliphatic heterocycles. The number of likely N-dealkylation sites (tertiary alicyclic amines) is 1. The average molecular weight is 283 g/mol. The van der Waals surface area contributed by atoms with E-state index in [1.165, 1.54) is 11.3 Å². The first-order valence-electron chi connectivity index (χ1n) is 6.13. The summed E-state index contributed by atoms with van der Waals surface area (Å²) >= 11 is 1.31. The maximum absolute atomic E-state index is 12.0. The molecular weight excluding hydrogens is 266 g/mol. The number of aliphatic carboxylic acids is 1. The largest absolute Gasteiger partial charge is 0.479 e. The lowest BCUT2D eigenvalue weighted by Gasteiger charge is -2.20. The predicted octanol–water partition coefficient (Wildman–Crippen LogP) is 0.864. The molecule has 2 rings (SSSR count). The van der Waals surface area contributed by atoms with Crippen molar-refractivity contribution in [3.63, 3.8) is 0 Å². The van der Waals surface area contributed by atoms with E-state index in [2.05, 4.69) is 5.32 Å². The van der Waals surface area contributed by atoms with Gasteiger partial charge in [-0.05, 0) is 30.3 Å². The number of carboxylic acids is 1. The number of nitrogens with two attached hydrogens (primary N) is 1. The number of hydrogen-bond donors (Lipinski definition) is 3. The highest BCUT2D eigenvalue weighted by atomic mass is 32.1. The molecule has 0 saturated carbocycles. The van der Waals surface area contributed by atoms with Gasteiger partial charge in [0.05, 0.1) is 0 Å². The molecule has 0 aromatic carbocycles. The maximum atomic E-state index is 12.0. The summed E-state index contributed by atoms with van der Waals surface area (Å²) in [6.07, 6.45) is 0.876. The molecule has 2 amide bonds. The summed E-state index contributed by atoms with van der Waals surface area (Å²) in [6, 6.07) is 2.15. The number of rotatable bonds is 4. The number of carboxylic acid groups (broad SMARTS) is 1. The number of urea groups is 1. The third-order valence-corrected chi connectivity index (χ3v) is 4.19. The highest BCUT2D eigenvalue weighted by Gasteiger charge is 2.29.